The fourth-order valence-electron chi connectivity index (χ4n) is 7.54. The summed E-state index contributed by atoms with van der Waals surface area (Å²) in [4.78, 5) is 15.7. The highest BCUT2D eigenvalue weighted by molar-refractivity contribution is 5.78. The SMILES string of the molecule is CCC1CNCCC1CNC(=O)C1CCCC(NCC2NNC(C3CCNCN3)N2CCOC[C@@H]2CCCN2)C1. The van der Waals surface area contributed by atoms with Crippen molar-refractivity contribution in [2.24, 2.45) is 17.8 Å². The van der Waals surface area contributed by atoms with Crippen LogP contribution in [-0.4, -0.2) is 107 Å². The van der Waals surface area contributed by atoms with Gasteiger partial charge in [0.25, 0.3) is 0 Å². The molecule has 230 valence electrons. The molecule has 40 heavy (non-hydrogen) atoms. The van der Waals surface area contributed by atoms with Gasteiger partial charge in [0.2, 0.25) is 5.91 Å². The molecule has 1 aliphatic carbocycles. The maximum Gasteiger partial charge on any atom is 0.223 e. The Labute approximate surface area is 241 Å². The van der Waals surface area contributed by atoms with Crippen LogP contribution in [0, 0.1) is 17.8 Å². The van der Waals surface area contributed by atoms with E-state index in [2.05, 4.69) is 54.6 Å². The van der Waals surface area contributed by atoms with Gasteiger partial charge >= 0.3 is 0 Å². The van der Waals surface area contributed by atoms with Crippen LogP contribution in [-0.2, 0) is 9.53 Å². The van der Waals surface area contributed by atoms with Crippen molar-refractivity contribution >= 4 is 5.91 Å². The first kappa shape index (κ1) is 30.6. The first-order valence-corrected chi connectivity index (χ1v) is 16.4. The quantitative estimate of drug-likeness (QED) is 0.141. The lowest BCUT2D eigenvalue weighted by Gasteiger charge is -2.36. The van der Waals surface area contributed by atoms with Crippen LogP contribution in [0.15, 0.2) is 0 Å². The Hall–Kier alpha value is -0.890. The number of carbonyl (C=O) groups is 1. The maximum absolute atomic E-state index is 13.1. The number of rotatable bonds is 13. The largest absolute Gasteiger partial charge is 0.379 e. The Bertz CT molecular complexity index is 749. The molecule has 4 heterocycles. The van der Waals surface area contributed by atoms with E-state index < -0.39 is 0 Å². The minimum absolute atomic E-state index is 0.128. The van der Waals surface area contributed by atoms with Crippen LogP contribution in [0.3, 0.4) is 0 Å². The molecule has 5 fully saturated rings. The van der Waals surface area contributed by atoms with Crippen molar-refractivity contribution in [1.82, 2.24) is 47.7 Å². The van der Waals surface area contributed by atoms with Crippen molar-refractivity contribution in [1.29, 1.82) is 0 Å². The second-order valence-corrected chi connectivity index (χ2v) is 12.8. The number of carbonyl (C=O) groups excluding carboxylic acids is 1. The van der Waals surface area contributed by atoms with Gasteiger partial charge in [-0.25, -0.2) is 10.9 Å². The van der Waals surface area contributed by atoms with Gasteiger partial charge in [-0.2, -0.15) is 0 Å². The number of piperidine rings is 1. The second kappa shape index (κ2) is 16.1. The lowest BCUT2D eigenvalue weighted by Crippen LogP contribution is -2.59. The Balaban J connectivity index is 1.07. The Morgan fingerprint density at radius 2 is 1.88 bits per heavy atom. The minimum atomic E-state index is 0.128. The topological polar surface area (TPSA) is 126 Å². The standard InChI is InChI=1S/C29H57N9O2/c1-2-21-16-30-11-8-23(21)17-34-29(39)22-5-3-6-24(15-22)33-18-27-36-37-28(26-9-12-31-20-35-26)38(27)13-14-40-19-25-7-4-10-32-25/h21-28,30-33,35-37H,2-20H2,1H3,(H,34,39)/t21?,22?,23?,24?,25-,26?,27?,28?/m0/s1. The summed E-state index contributed by atoms with van der Waals surface area (Å²) in [6.45, 7) is 11.6. The molecule has 11 heteroatoms. The lowest BCUT2D eigenvalue weighted by atomic mass is 9.83. The molecule has 1 saturated carbocycles. The summed E-state index contributed by atoms with van der Waals surface area (Å²) in [6.07, 6.45) is 10.6. The first-order valence-electron chi connectivity index (χ1n) is 16.4. The van der Waals surface area contributed by atoms with Gasteiger partial charge in [-0.1, -0.05) is 19.8 Å². The first-order chi connectivity index (χ1) is 19.7. The van der Waals surface area contributed by atoms with E-state index in [1.807, 2.05) is 0 Å². The molecular weight excluding hydrogens is 506 g/mol. The van der Waals surface area contributed by atoms with Crippen LogP contribution in [0.4, 0.5) is 0 Å². The van der Waals surface area contributed by atoms with Crippen LogP contribution >= 0.6 is 0 Å². The number of ether oxygens (including phenoxy) is 1. The van der Waals surface area contributed by atoms with Gasteiger partial charge in [0.15, 0.2) is 0 Å². The van der Waals surface area contributed by atoms with E-state index in [9.17, 15) is 4.79 Å². The highest BCUT2D eigenvalue weighted by Crippen LogP contribution is 2.26. The van der Waals surface area contributed by atoms with Crippen molar-refractivity contribution in [3.63, 3.8) is 0 Å². The predicted octanol–water partition coefficient (Wildman–Crippen LogP) is -0.374. The predicted molar refractivity (Wildman–Crippen MR) is 158 cm³/mol. The average Bonchev–Trinajstić information content (AvgIpc) is 3.68. The summed E-state index contributed by atoms with van der Waals surface area (Å²) >= 11 is 0. The van der Waals surface area contributed by atoms with E-state index in [-0.39, 0.29) is 24.2 Å². The zero-order valence-corrected chi connectivity index (χ0v) is 24.8. The van der Waals surface area contributed by atoms with Crippen molar-refractivity contribution in [2.45, 2.75) is 95.2 Å². The average molecular weight is 564 g/mol. The molecular formula is C29H57N9O2. The number of nitrogens with one attached hydrogen (secondary N) is 8. The molecule has 0 spiro atoms. The van der Waals surface area contributed by atoms with Crippen LogP contribution in [0.1, 0.15) is 64.7 Å². The Kier molecular flexibility index (Phi) is 12.3. The smallest absolute Gasteiger partial charge is 0.223 e. The third-order valence-corrected chi connectivity index (χ3v) is 10.1. The second-order valence-electron chi connectivity index (χ2n) is 12.8. The molecule has 5 aliphatic rings. The van der Waals surface area contributed by atoms with E-state index in [4.69, 9.17) is 4.74 Å². The van der Waals surface area contributed by atoms with E-state index >= 15 is 0 Å². The van der Waals surface area contributed by atoms with Gasteiger partial charge in [0, 0.05) is 50.3 Å². The van der Waals surface area contributed by atoms with Gasteiger partial charge in [-0.3, -0.25) is 15.0 Å². The molecule has 8 N–H and O–H groups in total. The lowest BCUT2D eigenvalue weighted by molar-refractivity contribution is -0.126. The van der Waals surface area contributed by atoms with E-state index in [1.165, 1.54) is 25.7 Å². The van der Waals surface area contributed by atoms with Crippen molar-refractivity contribution in [3.05, 3.63) is 0 Å². The molecule has 5 rings (SSSR count). The molecule has 4 saturated heterocycles. The minimum Gasteiger partial charge on any atom is -0.379 e. The third kappa shape index (κ3) is 8.58. The third-order valence-electron chi connectivity index (χ3n) is 10.1. The monoisotopic (exact) mass is 563 g/mol. The van der Waals surface area contributed by atoms with Crippen LogP contribution < -0.4 is 42.8 Å². The molecule has 11 nitrogen and oxygen atoms in total. The zero-order valence-electron chi connectivity index (χ0n) is 24.8. The van der Waals surface area contributed by atoms with Crippen molar-refractivity contribution in [2.75, 3.05) is 65.7 Å². The summed E-state index contributed by atoms with van der Waals surface area (Å²) in [5, 5.41) is 21.3. The molecule has 0 radical (unpaired) electrons. The summed E-state index contributed by atoms with van der Waals surface area (Å²) in [6, 6.07) is 1.29. The molecule has 0 aromatic heterocycles. The van der Waals surface area contributed by atoms with Crippen LogP contribution in [0.2, 0.25) is 0 Å². The molecule has 0 aromatic rings. The fourth-order valence-corrected chi connectivity index (χ4v) is 7.54. The molecule has 8 atom stereocenters. The highest BCUT2D eigenvalue weighted by Gasteiger charge is 2.38. The number of hydrogen-bond acceptors (Lipinski definition) is 10. The van der Waals surface area contributed by atoms with Gasteiger partial charge in [-0.05, 0) is 83.0 Å². The van der Waals surface area contributed by atoms with Gasteiger partial charge in [-0.15, -0.1) is 0 Å². The van der Waals surface area contributed by atoms with E-state index in [0.29, 0.717) is 30.0 Å². The molecule has 0 bridgehead atoms. The summed E-state index contributed by atoms with van der Waals surface area (Å²) < 4.78 is 6.12. The van der Waals surface area contributed by atoms with Crippen molar-refractivity contribution in [3.8, 4) is 0 Å². The number of hydrogen-bond donors (Lipinski definition) is 8. The zero-order chi connectivity index (χ0) is 27.6. The Morgan fingerprint density at radius 3 is 2.70 bits per heavy atom. The van der Waals surface area contributed by atoms with E-state index in [0.717, 1.165) is 97.8 Å². The molecule has 7 unspecified atom stereocenters. The molecule has 4 aliphatic heterocycles. The number of hydrazine groups is 1. The molecule has 0 aromatic carbocycles. The molecule has 1 amide bonds. The fraction of sp³-hybridized carbons (Fsp3) is 0.966. The summed E-state index contributed by atoms with van der Waals surface area (Å²) in [5.41, 5.74) is 7.17. The summed E-state index contributed by atoms with van der Waals surface area (Å²) in [7, 11) is 0. The highest BCUT2D eigenvalue weighted by atomic mass is 16.5. The Morgan fingerprint density at radius 1 is 0.950 bits per heavy atom. The van der Waals surface area contributed by atoms with Crippen LogP contribution in [0.25, 0.3) is 0 Å². The van der Waals surface area contributed by atoms with Crippen molar-refractivity contribution < 1.29 is 9.53 Å². The van der Waals surface area contributed by atoms with Gasteiger partial charge < -0.3 is 31.3 Å². The van der Waals surface area contributed by atoms with E-state index in [1.54, 1.807) is 0 Å². The summed E-state index contributed by atoms with van der Waals surface area (Å²) in [5.74, 6) is 1.69. The maximum atomic E-state index is 13.1. The van der Waals surface area contributed by atoms with Gasteiger partial charge in [0.05, 0.1) is 25.5 Å². The number of amides is 1. The number of nitrogens with zero attached hydrogens (tertiary/aromatic N) is 1. The normalized spacial score (nSPS) is 37.5. The van der Waals surface area contributed by atoms with Gasteiger partial charge in [0.1, 0.15) is 0 Å². The van der Waals surface area contributed by atoms with Crippen LogP contribution in [0.5, 0.6) is 0 Å².